The molecule has 0 aliphatic carbocycles. The Bertz CT molecular complexity index is 815. The van der Waals surface area contributed by atoms with Crippen molar-refractivity contribution in [3.63, 3.8) is 0 Å². The zero-order chi connectivity index (χ0) is 20.6. The van der Waals surface area contributed by atoms with Crippen molar-refractivity contribution in [1.82, 2.24) is 5.32 Å². The summed E-state index contributed by atoms with van der Waals surface area (Å²) in [5.41, 5.74) is 11.1. The second kappa shape index (κ2) is 9.66. The SMILES string of the molecule is C\C=C(/C=C(N)/C(N)=C/C(=C\CC1C=C(C(=O)O)C=CN1)C(=O)O)C(=O)O. The minimum absolute atomic E-state index is 0.0887. The third-order valence-corrected chi connectivity index (χ3v) is 3.55. The van der Waals surface area contributed by atoms with Crippen molar-refractivity contribution >= 4 is 17.9 Å². The highest BCUT2D eigenvalue weighted by Gasteiger charge is 2.14. The molecule has 0 aromatic carbocycles. The van der Waals surface area contributed by atoms with Crippen LogP contribution in [-0.2, 0) is 14.4 Å². The first kappa shape index (κ1) is 21.3. The van der Waals surface area contributed by atoms with E-state index in [9.17, 15) is 19.5 Å². The Hall–Kier alpha value is -3.75. The summed E-state index contributed by atoms with van der Waals surface area (Å²) in [5, 5.41) is 30.2. The molecular weight excluding hydrogens is 354 g/mol. The Labute approximate surface area is 155 Å². The fourth-order valence-corrected chi connectivity index (χ4v) is 2.09. The lowest BCUT2D eigenvalue weighted by Gasteiger charge is -2.16. The van der Waals surface area contributed by atoms with Crippen molar-refractivity contribution in [2.45, 2.75) is 19.4 Å². The molecule has 1 rings (SSSR count). The van der Waals surface area contributed by atoms with Crippen LogP contribution in [0.4, 0.5) is 0 Å². The molecule has 1 unspecified atom stereocenters. The number of carbonyl (C=O) groups is 3. The van der Waals surface area contributed by atoms with E-state index < -0.39 is 23.9 Å². The molecule has 27 heavy (non-hydrogen) atoms. The maximum absolute atomic E-state index is 11.4. The molecule has 9 nitrogen and oxygen atoms in total. The number of hydrogen-bond donors (Lipinski definition) is 6. The summed E-state index contributed by atoms with van der Waals surface area (Å²) in [5.74, 6) is -3.54. The molecule has 1 heterocycles. The summed E-state index contributed by atoms with van der Waals surface area (Å²) in [6.45, 7) is 1.51. The smallest absolute Gasteiger partial charge is 0.335 e. The predicted molar refractivity (Wildman–Crippen MR) is 98.1 cm³/mol. The van der Waals surface area contributed by atoms with Gasteiger partial charge in [-0.05, 0) is 43.8 Å². The van der Waals surface area contributed by atoms with Crippen LogP contribution in [0.2, 0.25) is 0 Å². The van der Waals surface area contributed by atoms with Crippen LogP contribution < -0.4 is 16.8 Å². The molecule has 1 atom stereocenters. The third kappa shape index (κ3) is 6.58. The average Bonchev–Trinajstić information content (AvgIpc) is 2.62. The number of hydrogen-bond acceptors (Lipinski definition) is 6. The molecule has 0 fully saturated rings. The van der Waals surface area contributed by atoms with Gasteiger partial charge in [0.15, 0.2) is 0 Å². The number of nitrogens with one attached hydrogen (secondary N) is 1. The largest absolute Gasteiger partial charge is 0.478 e. The van der Waals surface area contributed by atoms with Gasteiger partial charge in [0.05, 0.1) is 28.1 Å². The highest BCUT2D eigenvalue weighted by Crippen LogP contribution is 2.12. The van der Waals surface area contributed by atoms with E-state index in [4.69, 9.17) is 21.7 Å². The second-order valence-corrected chi connectivity index (χ2v) is 5.48. The third-order valence-electron chi connectivity index (χ3n) is 3.55. The van der Waals surface area contributed by atoms with Gasteiger partial charge in [-0.25, -0.2) is 14.4 Å². The van der Waals surface area contributed by atoms with Crippen molar-refractivity contribution < 1.29 is 29.7 Å². The van der Waals surface area contributed by atoms with Crippen LogP contribution in [-0.4, -0.2) is 39.3 Å². The van der Waals surface area contributed by atoms with E-state index in [0.717, 1.165) is 12.2 Å². The van der Waals surface area contributed by atoms with Gasteiger partial charge in [-0.15, -0.1) is 0 Å². The van der Waals surface area contributed by atoms with Crippen molar-refractivity contribution in [2.75, 3.05) is 0 Å². The monoisotopic (exact) mass is 375 g/mol. The Kier molecular flexibility index (Phi) is 7.62. The van der Waals surface area contributed by atoms with Crippen LogP contribution in [0.5, 0.6) is 0 Å². The molecule has 0 aromatic rings. The average molecular weight is 375 g/mol. The van der Waals surface area contributed by atoms with Gasteiger partial charge in [-0.3, -0.25) is 0 Å². The van der Waals surface area contributed by atoms with Gasteiger partial charge < -0.3 is 32.1 Å². The molecule has 1 aliphatic heterocycles. The van der Waals surface area contributed by atoms with Gasteiger partial charge in [0, 0.05) is 6.04 Å². The normalized spacial score (nSPS) is 18.6. The van der Waals surface area contributed by atoms with Gasteiger partial charge in [-0.1, -0.05) is 12.2 Å². The van der Waals surface area contributed by atoms with E-state index in [1.165, 1.54) is 37.4 Å². The first-order valence-corrected chi connectivity index (χ1v) is 7.81. The first-order chi connectivity index (χ1) is 12.6. The van der Waals surface area contributed by atoms with Crippen LogP contribution in [0, 0.1) is 0 Å². The molecule has 0 amide bonds. The standard InChI is InChI=1S/C18H21N3O6/c1-2-10(16(22)23)8-14(19)15(20)9-11(17(24)25)3-4-13-7-12(18(26)27)5-6-21-13/h2-3,5-9,13,21H,4,19-20H2,1H3,(H,22,23)(H,24,25)(H,26,27)/b10-2+,11-3+,14-8-,15-9-. The van der Waals surface area contributed by atoms with Crippen LogP contribution in [0.3, 0.4) is 0 Å². The van der Waals surface area contributed by atoms with Gasteiger partial charge in [-0.2, -0.15) is 0 Å². The van der Waals surface area contributed by atoms with E-state index in [2.05, 4.69) is 5.32 Å². The summed E-state index contributed by atoms with van der Waals surface area (Å²) >= 11 is 0. The van der Waals surface area contributed by atoms with Crippen molar-refractivity contribution in [3.8, 4) is 0 Å². The number of carboxylic acid groups (broad SMARTS) is 3. The Morgan fingerprint density at radius 3 is 2.11 bits per heavy atom. The zero-order valence-electron chi connectivity index (χ0n) is 14.5. The molecule has 0 saturated heterocycles. The topological polar surface area (TPSA) is 176 Å². The Morgan fingerprint density at radius 1 is 1.07 bits per heavy atom. The quantitative estimate of drug-likeness (QED) is 0.262. The number of dihydropyridines is 1. The summed E-state index contributed by atoms with van der Waals surface area (Å²) in [4.78, 5) is 33.4. The molecule has 0 saturated carbocycles. The molecule has 9 heteroatoms. The van der Waals surface area contributed by atoms with Crippen molar-refractivity contribution in [3.05, 3.63) is 70.8 Å². The maximum atomic E-state index is 11.4. The van der Waals surface area contributed by atoms with Crippen molar-refractivity contribution in [1.29, 1.82) is 0 Å². The number of allylic oxidation sites excluding steroid dienone is 1. The summed E-state index contributed by atoms with van der Waals surface area (Å²) in [7, 11) is 0. The van der Waals surface area contributed by atoms with Crippen LogP contribution in [0.15, 0.2) is 70.8 Å². The van der Waals surface area contributed by atoms with Crippen LogP contribution in [0.1, 0.15) is 13.3 Å². The van der Waals surface area contributed by atoms with Gasteiger partial charge in [0.2, 0.25) is 0 Å². The number of nitrogens with two attached hydrogens (primary N) is 2. The van der Waals surface area contributed by atoms with Crippen LogP contribution >= 0.6 is 0 Å². The summed E-state index contributed by atoms with van der Waals surface area (Å²) in [6.07, 6.45) is 9.44. The molecular formula is C18H21N3O6. The molecule has 144 valence electrons. The molecule has 1 aliphatic rings. The van der Waals surface area contributed by atoms with E-state index in [-0.39, 0.29) is 34.5 Å². The van der Waals surface area contributed by atoms with Crippen molar-refractivity contribution in [2.24, 2.45) is 11.5 Å². The Balaban J connectivity index is 3.03. The van der Waals surface area contributed by atoms with E-state index in [1.54, 1.807) is 0 Å². The number of carboxylic acids is 3. The highest BCUT2D eigenvalue weighted by atomic mass is 16.4. The summed E-state index contributed by atoms with van der Waals surface area (Å²) in [6, 6.07) is -0.403. The highest BCUT2D eigenvalue weighted by molar-refractivity contribution is 5.91. The molecule has 0 spiro atoms. The minimum Gasteiger partial charge on any atom is -0.478 e. The molecule has 0 radical (unpaired) electrons. The van der Waals surface area contributed by atoms with Gasteiger partial charge >= 0.3 is 17.9 Å². The van der Waals surface area contributed by atoms with E-state index >= 15 is 0 Å². The number of rotatable bonds is 8. The zero-order valence-corrected chi connectivity index (χ0v) is 14.5. The molecule has 0 bridgehead atoms. The lowest BCUT2D eigenvalue weighted by atomic mass is 10.0. The van der Waals surface area contributed by atoms with Gasteiger partial charge in [0.1, 0.15) is 0 Å². The predicted octanol–water partition coefficient (Wildman–Crippen LogP) is 0.600. The second-order valence-electron chi connectivity index (χ2n) is 5.48. The lowest BCUT2D eigenvalue weighted by Crippen LogP contribution is -2.25. The van der Waals surface area contributed by atoms with Crippen LogP contribution in [0.25, 0.3) is 0 Å². The maximum Gasteiger partial charge on any atom is 0.335 e. The fraction of sp³-hybridized carbons (Fsp3) is 0.167. The minimum atomic E-state index is -1.26. The lowest BCUT2D eigenvalue weighted by molar-refractivity contribution is -0.133. The fourth-order valence-electron chi connectivity index (χ4n) is 2.09. The van der Waals surface area contributed by atoms with Gasteiger partial charge in [0.25, 0.3) is 0 Å². The van der Waals surface area contributed by atoms with E-state index in [1.807, 2.05) is 0 Å². The summed E-state index contributed by atoms with van der Waals surface area (Å²) < 4.78 is 0. The Morgan fingerprint density at radius 2 is 1.63 bits per heavy atom. The first-order valence-electron chi connectivity index (χ1n) is 7.81. The number of aliphatic carboxylic acids is 3. The molecule has 0 aromatic heterocycles. The van der Waals surface area contributed by atoms with E-state index in [0.29, 0.717) is 0 Å². The molecule has 8 N–H and O–H groups in total.